The summed E-state index contributed by atoms with van der Waals surface area (Å²) in [6.07, 6.45) is 31.6. The van der Waals surface area contributed by atoms with E-state index >= 15 is 0 Å². The number of rotatable bonds is 4. The minimum atomic E-state index is 0.922. The summed E-state index contributed by atoms with van der Waals surface area (Å²) in [5, 5.41) is 2.56. The predicted octanol–water partition coefficient (Wildman–Crippen LogP) is 9.78. The number of aliphatic imine (C=N–C) groups is 2. The molecule has 0 amide bonds. The highest BCUT2D eigenvalue weighted by Gasteiger charge is 2.27. The molecule has 2 nitrogen and oxygen atoms in total. The molecule has 0 saturated carbocycles. The average Bonchev–Trinajstić information content (AvgIpc) is 3.82. The van der Waals surface area contributed by atoms with Crippen LogP contribution in [0.1, 0.15) is 49.7 Å². The molecule has 0 spiro atoms. The van der Waals surface area contributed by atoms with Crippen molar-refractivity contribution >= 4 is 33.6 Å². The number of nitrogens with zero attached hydrogens (tertiary/aromatic N) is 2. The van der Waals surface area contributed by atoms with Crippen molar-refractivity contribution in [2.75, 3.05) is 0 Å². The first kappa shape index (κ1) is 23.1. The van der Waals surface area contributed by atoms with Crippen molar-refractivity contribution < 1.29 is 0 Å². The Bertz CT molecular complexity index is 1950. The van der Waals surface area contributed by atoms with Crippen LogP contribution in [0.3, 0.4) is 0 Å². The van der Waals surface area contributed by atoms with E-state index in [4.69, 9.17) is 9.98 Å². The van der Waals surface area contributed by atoms with E-state index < -0.39 is 0 Å². The first-order valence-electron chi connectivity index (χ1n) is 15.4. The lowest BCUT2D eigenvalue weighted by molar-refractivity contribution is 1.13. The summed E-state index contributed by atoms with van der Waals surface area (Å²) < 4.78 is 0. The molecule has 2 aromatic carbocycles. The topological polar surface area (TPSA) is 24.7 Å². The zero-order valence-corrected chi connectivity index (χ0v) is 23.6. The van der Waals surface area contributed by atoms with Crippen LogP contribution in [-0.2, 0) is 12.8 Å². The molecular weight excluding hydrogens is 508 g/mol. The van der Waals surface area contributed by atoms with Crippen molar-refractivity contribution in [3.8, 4) is 0 Å². The van der Waals surface area contributed by atoms with Crippen LogP contribution in [-0.4, -0.2) is 11.4 Å². The molecule has 10 rings (SSSR count). The molecule has 42 heavy (non-hydrogen) atoms. The van der Waals surface area contributed by atoms with Crippen molar-refractivity contribution in [3.05, 3.63) is 152 Å². The SMILES string of the molecule is C1=CC2=C(C=C(C3=CC=C(C4=Nc5cc6cc7c(cc6cc5C4)N=C(C4=CC=C(C5=CC6=C(C=CC6)C5)C4)C7)C3)C2)C1. The predicted molar refractivity (Wildman–Crippen MR) is 174 cm³/mol. The van der Waals surface area contributed by atoms with Crippen molar-refractivity contribution in [3.63, 3.8) is 0 Å². The van der Waals surface area contributed by atoms with Gasteiger partial charge in [-0.15, -0.1) is 0 Å². The molecule has 8 aliphatic rings. The van der Waals surface area contributed by atoms with Gasteiger partial charge < -0.3 is 0 Å². The third-order valence-electron chi connectivity index (χ3n) is 10.4. The molecule has 0 unspecified atom stereocenters. The maximum absolute atomic E-state index is 5.16. The molecule has 0 atom stereocenters. The Balaban J connectivity index is 0.840. The van der Waals surface area contributed by atoms with Crippen LogP contribution in [0.25, 0.3) is 10.8 Å². The largest absolute Gasteiger partial charge is 0.252 e. The standard InChI is InChI=1S/C40H30N2/c1-3-23-13-31(14-24(23)4-1)27-7-9-29(11-27)37-21-35-17-33-20-40-36(18-34(33)19-39(35)41-37)22-38(42-40)30-10-8-28(12-30)32-15-25-5-2-6-26(25)16-32/h1-3,5,7-10,14,16-20H,4,6,11-13,15,21-22H2. The summed E-state index contributed by atoms with van der Waals surface area (Å²) in [5.41, 5.74) is 22.2. The molecule has 0 N–H and O–H groups in total. The Morgan fingerprint density at radius 1 is 0.429 bits per heavy atom. The van der Waals surface area contributed by atoms with E-state index in [9.17, 15) is 0 Å². The molecule has 0 fully saturated rings. The van der Waals surface area contributed by atoms with Gasteiger partial charge in [0.1, 0.15) is 0 Å². The zero-order valence-electron chi connectivity index (χ0n) is 23.6. The summed E-state index contributed by atoms with van der Waals surface area (Å²) in [7, 11) is 0. The van der Waals surface area contributed by atoms with E-state index in [-0.39, 0.29) is 0 Å². The molecule has 200 valence electrons. The van der Waals surface area contributed by atoms with Gasteiger partial charge in [-0.05, 0) is 140 Å². The van der Waals surface area contributed by atoms with E-state index in [1.54, 1.807) is 0 Å². The number of hydrogen-bond acceptors (Lipinski definition) is 2. The fourth-order valence-corrected chi connectivity index (χ4v) is 8.02. The Hall–Kier alpha value is -4.56. The summed E-state index contributed by atoms with van der Waals surface area (Å²) in [6.45, 7) is 0. The maximum Gasteiger partial charge on any atom is 0.0675 e. The van der Waals surface area contributed by atoms with Gasteiger partial charge in [-0.1, -0.05) is 60.8 Å². The summed E-state index contributed by atoms with van der Waals surface area (Å²) in [5.74, 6) is 0. The van der Waals surface area contributed by atoms with Gasteiger partial charge in [-0.2, -0.15) is 0 Å². The van der Waals surface area contributed by atoms with Crippen LogP contribution in [0.15, 0.2) is 151 Å². The minimum absolute atomic E-state index is 0.922. The second-order valence-electron chi connectivity index (χ2n) is 12.9. The Morgan fingerprint density at radius 2 is 0.905 bits per heavy atom. The lowest BCUT2D eigenvalue weighted by atomic mass is 9.95. The quantitative estimate of drug-likeness (QED) is 0.370. The second-order valence-corrected chi connectivity index (χ2v) is 12.9. The average molecular weight is 539 g/mol. The summed E-state index contributed by atoms with van der Waals surface area (Å²) >= 11 is 0. The van der Waals surface area contributed by atoms with Crippen LogP contribution < -0.4 is 0 Å². The van der Waals surface area contributed by atoms with Crippen molar-refractivity contribution in [2.45, 2.75) is 51.4 Å². The van der Waals surface area contributed by atoms with Gasteiger partial charge in [-0.3, -0.25) is 9.98 Å². The van der Waals surface area contributed by atoms with Crippen LogP contribution in [0.4, 0.5) is 11.4 Å². The normalized spacial score (nSPS) is 22.8. The number of allylic oxidation sites excluding steroid dienone is 20. The van der Waals surface area contributed by atoms with Gasteiger partial charge in [-0.25, -0.2) is 0 Å². The van der Waals surface area contributed by atoms with E-state index in [1.807, 2.05) is 0 Å². The van der Waals surface area contributed by atoms with Gasteiger partial charge >= 0.3 is 0 Å². The van der Waals surface area contributed by atoms with E-state index in [2.05, 4.69) is 85.0 Å². The maximum atomic E-state index is 5.16. The third-order valence-corrected chi connectivity index (χ3v) is 10.4. The molecule has 6 aliphatic carbocycles. The molecular formula is C40H30N2. The fraction of sp³-hybridized carbons (Fsp3) is 0.200. The molecule has 0 radical (unpaired) electrons. The smallest absolute Gasteiger partial charge is 0.0675 e. The first-order chi connectivity index (χ1) is 20.7. The molecule has 2 heteroatoms. The number of fused-ring (bicyclic) bond motifs is 3. The van der Waals surface area contributed by atoms with Crippen molar-refractivity contribution in [2.24, 2.45) is 9.98 Å². The number of benzene rings is 2. The van der Waals surface area contributed by atoms with E-state index in [1.165, 1.54) is 89.1 Å². The lowest BCUT2D eigenvalue weighted by Crippen LogP contribution is -2.02. The van der Waals surface area contributed by atoms with Crippen LogP contribution >= 0.6 is 0 Å². The highest BCUT2D eigenvalue weighted by molar-refractivity contribution is 6.10. The highest BCUT2D eigenvalue weighted by atomic mass is 14.8. The molecule has 0 bridgehead atoms. The Kier molecular flexibility index (Phi) is 4.66. The second kappa shape index (κ2) is 8.49. The van der Waals surface area contributed by atoms with Crippen LogP contribution in [0.5, 0.6) is 0 Å². The molecule has 0 saturated heterocycles. The van der Waals surface area contributed by atoms with Crippen LogP contribution in [0, 0.1) is 0 Å². The molecule has 2 aliphatic heterocycles. The lowest BCUT2D eigenvalue weighted by Gasteiger charge is -2.07. The first-order valence-corrected chi connectivity index (χ1v) is 15.4. The highest BCUT2D eigenvalue weighted by Crippen LogP contribution is 2.44. The van der Waals surface area contributed by atoms with Crippen molar-refractivity contribution in [1.82, 2.24) is 0 Å². The molecule has 0 aromatic heterocycles. The Labute approximate surface area is 246 Å². The monoisotopic (exact) mass is 538 g/mol. The molecule has 2 heterocycles. The van der Waals surface area contributed by atoms with Gasteiger partial charge in [0.25, 0.3) is 0 Å². The van der Waals surface area contributed by atoms with E-state index in [0.29, 0.717) is 0 Å². The minimum Gasteiger partial charge on any atom is -0.252 e. The number of hydrogen-bond donors (Lipinski definition) is 0. The summed E-state index contributed by atoms with van der Waals surface area (Å²) in [4.78, 5) is 10.3. The van der Waals surface area contributed by atoms with Gasteiger partial charge in [0.15, 0.2) is 0 Å². The Morgan fingerprint density at radius 3 is 1.38 bits per heavy atom. The van der Waals surface area contributed by atoms with E-state index in [0.717, 1.165) is 62.7 Å². The third kappa shape index (κ3) is 3.51. The fourth-order valence-electron chi connectivity index (χ4n) is 8.02. The molecule has 2 aromatic rings. The van der Waals surface area contributed by atoms with Crippen molar-refractivity contribution in [1.29, 1.82) is 0 Å². The van der Waals surface area contributed by atoms with Gasteiger partial charge in [0, 0.05) is 24.3 Å². The van der Waals surface area contributed by atoms with Gasteiger partial charge in [0.05, 0.1) is 11.4 Å². The van der Waals surface area contributed by atoms with Crippen LogP contribution in [0.2, 0.25) is 0 Å². The summed E-state index contributed by atoms with van der Waals surface area (Å²) in [6, 6.07) is 9.34. The zero-order chi connectivity index (χ0) is 27.4. The van der Waals surface area contributed by atoms with Gasteiger partial charge in [0.2, 0.25) is 0 Å².